The number of hydrogen-bond acceptors (Lipinski definition) is 15. The average molecular weight is 1590 g/mol. The molecule has 7 heterocycles. The lowest BCUT2D eigenvalue weighted by Gasteiger charge is -2.19. The summed E-state index contributed by atoms with van der Waals surface area (Å²) in [6.07, 6.45) is 0. The second-order valence-electron chi connectivity index (χ2n) is 29.9. The Bertz CT molecular complexity index is 6830. The smallest absolute Gasteiger partial charge is 0.164 e. The summed E-state index contributed by atoms with van der Waals surface area (Å²) < 4.78 is 4.40. The SMILES string of the molecule is N#Cc1c(-n2c3ccc(-c4nc(-c5ccccc5)nc(-c5ccccc5)n4)cc3c3cc(-c4nc(-c5ccccc5)nc(-c5ccccc5)n4)ccc32)cc(-c2cc(-c3ccccc3)nc(-c3ccccc3)n2)cc1-n1c2ccc(-c3nc(-c4ccccc4)nc(-c4ccccc4)n3)cc2c2cc(-c3nc(-c4ccccc4)nc(-c4ccccc4)n3)ccc21. The van der Waals surface area contributed by atoms with Gasteiger partial charge < -0.3 is 9.13 Å². The number of nitrogens with zero attached hydrogens (tertiary/aromatic N) is 17. The average Bonchev–Trinajstić information content (AvgIpc) is 1.56. The van der Waals surface area contributed by atoms with E-state index in [-0.39, 0.29) is 0 Å². The van der Waals surface area contributed by atoms with Crippen molar-refractivity contribution in [3.8, 4) is 188 Å². The van der Waals surface area contributed by atoms with E-state index in [2.05, 4.69) is 112 Å². The van der Waals surface area contributed by atoms with Crippen molar-refractivity contribution in [1.29, 1.82) is 5.26 Å². The zero-order valence-corrected chi connectivity index (χ0v) is 66.1. The monoisotopic (exact) mass is 1590 g/mol. The Morgan fingerprint density at radius 3 is 0.540 bits per heavy atom. The van der Waals surface area contributed by atoms with Gasteiger partial charge in [-0.25, -0.2) is 69.8 Å². The van der Waals surface area contributed by atoms with Gasteiger partial charge in [-0.2, -0.15) is 5.26 Å². The van der Waals surface area contributed by atoms with Crippen LogP contribution in [-0.2, 0) is 0 Å². The molecular weight excluding hydrogens is 1520 g/mol. The van der Waals surface area contributed by atoms with Crippen molar-refractivity contribution < 1.29 is 0 Å². The van der Waals surface area contributed by atoms with Crippen LogP contribution in [0, 0.1) is 11.3 Å². The molecule has 0 N–H and O–H groups in total. The molecule has 0 spiro atoms. The van der Waals surface area contributed by atoms with Gasteiger partial charge in [-0.05, 0) is 91.0 Å². The van der Waals surface area contributed by atoms with E-state index in [0.29, 0.717) is 110 Å². The molecule has 0 saturated carbocycles. The van der Waals surface area contributed by atoms with Gasteiger partial charge in [0.15, 0.2) is 75.7 Å². The zero-order chi connectivity index (χ0) is 82.4. The summed E-state index contributed by atoms with van der Waals surface area (Å²) in [5, 5.41) is 16.1. The first-order valence-corrected chi connectivity index (χ1v) is 40.6. The third-order valence-corrected chi connectivity index (χ3v) is 22.2. The van der Waals surface area contributed by atoms with Crippen LogP contribution in [-0.4, -0.2) is 78.9 Å². The first-order valence-electron chi connectivity index (χ1n) is 40.6. The van der Waals surface area contributed by atoms with Gasteiger partial charge in [0.1, 0.15) is 11.6 Å². The van der Waals surface area contributed by atoms with Crippen molar-refractivity contribution in [1.82, 2.24) is 78.9 Å². The Morgan fingerprint density at radius 1 is 0.161 bits per heavy atom. The van der Waals surface area contributed by atoms with E-state index in [1.54, 1.807) is 0 Å². The summed E-state index contributed by atoms with van der Waals surface area (Å²) in [7, 11) is 0. The van der Waals surface area contributed by atoms with Crippen molar-refractivity contribution in [2.45, 2.75) is 0 Å². The summed E-state index contributed by atoms with van der Waals surface area (Å²) in [5.41, 5.74) is 17.8. The maximum Gasteiger partial charge on any atom is 0.164 e. The van der Waals surface area contributed by atoms with Gasteiger partial charge in [0, 0.05) is 105 Å². The minimum absolute atomic E-state index is 0.341. The molecule has 0 aliphatic carbocycles. The van der Waals surface area contributed by atoms with E-state index in [1.165, 1.54) is 0 Å². The van der Waals surface area contributed by atoms with E-state index in [4.69, 9.17) is 69.8 Å². The van der Waals surface area contributed by atoms with Crippen molar-refractivity contribution >= 4 is 43.6 Å². The predicted octanol–water partition coefficient (Wildman–Crippen LogP) is 24.3. The third-order valence-electron chi connectivity index (χ3n) is 22.2. The van der Waals surface area contributed by atoms with Crippen LogP contribution < -0.4 is 0 Å². The van der Waals surface area contributed by atoms with Crippen LogP contribution in [0.4, 0.5) is 0 Å². The van der Waals surface area contributed by atoms with Gasteiger partial charge in [-0.15, -0.1) is 0 Å². The van der Waals surface area contributed by atoms with Crippen LogP contribution in [0.25, 0.3) is 226 Å². The van der Waals surface area contributed by atoms with Crippen molar-refractivity contribution in [3.05, 3.63) is 400 Å². The van der Waals surface area contributed by atoms with Crippen LogP contribution >= 0.6 is 0 Å². The largest absolute Gasteiger partial charge is 0.308 e. The van der Waals surface area contributed by atoms with E-state index in [0.717, 1.165) is 122 Å². The Labute approximate surface area is 711 Å². The molecule has 0 aliphatic rings. The molecule has 124 heavy (non-hydrogen) atoms. The first-order chi connectivity index (χ1) is 61.4. The van der Waals surface area contributed by atoms with E-state index in [9.17, 15) is 5.26 Å². The molecule has 22 aromatic rings. The van der Waals surface area contributed by atoms with Gasteiger partial charge in [0.25, 0.3) is 0 Å². The van der Waals surface area contributed by atoms with Crippen LogP contribution in [0.2, 0.25) is 0 Å². The molecular formula is C107H65N17. The molecule has 0 fully saturated rings. The number of benzene rings is 15. The molecule has 0 aliphatic heterocycles. The van der Waals surface area contributed by atoms with Crippen molar-refractivity contribution in [2.75, 3.05) is 0 Å². The predicted molar refractivity (Wildman–Crippen MR) is 491 cm³/mol. The first kappa shape index (κ1) is 72.9. The number of rotatable bonds is 17. The van der Waals surface area contributed by atoms with E-state index in [1.807, 2.05) is 297 Å². The van der Waals surface area contributed by atoms with Gasteiger partial charge >= 0.3 is 0 Å². The molecule has 17 nitrogen and oxygen atoms in total. The molecule has 0 saturated heterocycles. The molecule has 0 amide bonds. The molecule has 578 valence electrons. The maximum atomic E-state index is 12.9. The zero-order valence-electron chi connectivity index (χ0n) is 66.1. The topological polar surface area (TPSA) is 214 Å². The van der Waals surface area contributed by atoms with Crippen molar-refractivity contribution in [3.63, 3.8) is 0 Å². The normalized spacial score (nSPS) is 11.4. The Morgan fingerprint density at radius 2 is 0.339 bits per heavy atom. The Balaban J connectivity index is 0.836. The lowest BCUT2D eigenvalue weighted by atomic mass is 10.0. The summed E-state index contributed by atoms with van der Waals surface area (Å²) in [6, 6.07) is 134. The molecule has 0 bridgehead atoms. The third kappa shape index (κ3) is 13.8. The molecule has 7 aromatic heterocycles. The van der Waals surface area contributed by atoms with Crippen LogP contribution in [0.1, 0.15) is 5.56 Å². The molecule has 17 heteroatoms. The van der Waals surface area contributed by atoms with Gasteiger partial charge in [0.2, 0.25) is 0 Å². The molecule has 0 atom stereocenters. The Hall–Kier alpha value is -17.5. The minimum atomic E-state index is 0.341. The van der Waals surface area contributed by atoms with Gasteiger partial charge in [0.05, 0.1) is 44.8 Å². The second kappa shape index (κ2) is 31.4. The highest BCUT2D eigenvalue weighted by molar-refractivity contribution is 6.14. The summed E-state index contributed by atoms with van der Waals surface area (Å²) in [4.78, 5) is 73.7. The molecule has 22 rings (SSSR count). The Kier molecular flexibility index (Phi) is 18.5. The van der Waals surface area contributed by atoms with Gasteiger partial charge in [-0.3, -0.25) is 0 Å². The van der Waals surface area contributed by atoms with Crippen LogP contribution in [0.15, 0.2) is 394 Å². The number of fused-ring (bicyclic) bond motifs is 6. The molecule has 15 aromatic carbocycles. The highest BCUT2D eigenvalue weighted by atomic mass is 15.1. The fourth-order valence-electron chi connectivity index (χ4n) is 16.2. The highest BCUT2D eigenvalue weighted by Crippen LogP contribution is 2.45. The maximum absolute atomic E-state index is 12.9. The quantitative estimate of drug-likeness (QED) is 0.0829. The van der Waals surface area contributed by atoms with E-state index < -0.39 is 0 Å². The summed E-state index contributed by atoms with van der Waals surface area (Å²) in [5.74, 6) is 6.50. The lowest BCUT2D eigenvalue weighted by molar-refractivity contribution is 1.07. The fourth-order valence-corrected chi connectivity index (χ4v) is 16.2. The number of aromatic nitrogens is 16. The second-order valence-corrected chi connectivity index (χ2v) is 29.9. The lowest BCUT2D eigenvalue weighted by Crippen LogP contribution is -2.06. The van der Waals surface area contributed by atoms with Gasteiger partial charge in [-0.1, -0.05) is 303 Å². The summed E-state index contributed by atoms with van der Waals surface area (Å²) in [6.45, 7) is 0. The minimum Gasteiger partial charge on any atom is -0.308 e. The molecule has 0 radical (unpaired) electrons. The standard InChI is InChI=1S/C107H65N17/c108-66-86-93(123-89-55-51-77(104-115-96(69-35-15-3-16-36-69)111-97(116-104)70-37-17-4-18-38-70)59-82(89)83-60-78(52-56-90(83)123)105-117-98(71-39-19-5-20-40-71)112-99(118-105)72-41-21-6-22-42-72)63-81(88-65-87(67-31-11-1-12-32-67)109-95(110-88)68-33-13-2-14-34-68)64-94(86)124-91-57-53-79(106-119-100(73-43-23-7-24-44-73)113-101(120-106)74-45-25-8-26-46-74)61-84(91)85-62-80(54-58-92(85)124)107-121-102(75-47-27-9-28-48-75)114-103(122-107)76-49-29-10-30-50-76/h1-65H. The van der Waals surface area contributed by atoms with Crippen molar-refractivity contribution in [2.24, 2.45) is 0 Å². The van der Waals surface area contributed by atoms with Crippen LogP contribution in [0.5, 0.6) is 0 Å². The highest BCUT2D eigenvalue weighted by Gasteiger charge is 2.28. The number of nitriles is 1. The van der Waals surface area contributed by atoms with Crippen LogP contribution in [0.3, 0.4) is 0 Å². The molecule has 0 unspecified atom stereocenters. The summed E-state index contributed by atoms with van der Waals surface area (Å²) >= 11 is 0. The van der Waals surface area contributed by atoms with E-state index >= 15 is 0 Å². The number of hydrogen-bond donors (Lipinski definition) is 0. The fraction of sp³-hybridized carbons (Fsp3) is 0.